The minimum Gasteiger partial charge on any atom is -0.426 e. The molecule has 5 atom stereocenters. The Morgan fingerprint density at radius 3 is 1.81 bits per heavy atom. The Morgan fingerprint density at radius 2 is 1.29 bits per heavy atom. The third-order valence-corrected chi connectivity index (χ3v) is 8.84. The lowest BCUT2D eigenvalue weighted by Crippen LogP contribution is -2.62. The molecule has 0 bridgehead atoms. The first-order valence-electron chi connectivity index (χ1n) is 18.8. The highest BCUT2D eigenvalue weighted by atomic mass is 16.4. The summed E-state index contributed by atoms with van der Waals surface area (Å²) in [4.78, 5) is 102. The minimum absolute atomic E-state index is 0.207. The predicted molar refractivity (Wildman–Crippen MR) is 214 cm³/mol. The normalized spacial score (nSPS) is 13.4. The van der Waals surface area contributed by atoms with Crippen molar-refractivity contribution in [1.82, 2.24) is 36.8 Å². The molecule has 0 aromatic heterocycles. The maximum atomic E-state index is 13.2. The van der Waals surface area contributed by atoms with Gasteiger partial charge in [-0.05, 0) is 47.6 Å². The number of benzene rings is 2. The number of nitrogens with zero attached hydrogens (tertiary/aromatic N) is 1. The molecule has 0 aliphatic rings. The van der Waals surface area contributed by atoms with Crippen molar-refractivity contribution in [3.63, 3.8) is 0 Å². The lowest BCUT2D eigenvalue weighted by molar-refractivity contribution is -0.142. The number of aryl methyl sites for hydroxylation is 1. The van der Waals surface area contributed by atoms with Crippen molar-refractivity contribution in [3.8, 4) is 11.1 Å². The zero-order chi connectivity index (χ0) is 44.4. The number of likely N-dealkylation sites (N-methyl/N-ethyl adjacent to an activating group) is 1. The Bertz CT molecular complexity index is 1780. The first-order valence-corrected chi connectivity index (χ1v) is 18.8. The SMILES string of the molecule is CCCCc1ccc(-c2ccc(C(=O)N[C@H](CO)C(=O)N[C@H](N)C(=O)NCC(=O)N(C)[C@H](C(=O)N[C@@H](N)C(=O)N[C@@H](CC(N)=O)C(=O)NCB(O)O)C(C)C)cc2)cc1. The van der Waals surface area contributed by atoms with Crippen LogP contribution in [0.2, 0.25) is 0 Å². The number of primary amides is 1. The molecule has 0 saturated heterocycles. The van der Waals surface area contributed by atoms with E-state index in [9.17, 15) is 43.5 Å². The highest BCUT2D eigenvalue weighted by Crippen LogP contribution is 2.21. The highest BCUT2D eigenvalue weighted by molar-refractivity contribution is 6.41. The van der Waals surface area contributed by atoms with Crippen LogP contribution in [0.15, 0.2) is 48.5 Å². The number of nitrogens with one attached hydrogen (secondary N) is 6. The molecule has 0 heterocycles. The molecule has 0 aliphatic carbocycles. The monoisotopic (exact) mass is 826 g/mol. The third kappa shape index (κ3) is 16.1. The van der Waals surface area contributed by atoms with Gasteiger partial charge in [-0.15, -0.1) is 0 Å². The Labute approximate surface area is 341 Å². The van der Waals surface area contributed by atoms with Crippen LogP contribution in [0.1, 0.15) is 56.0 Å². The van der Waals surface area contributed by atoms with Gasteiger partial charge in [0.2, 0.25) is 29.5 Å². The van der Waals surface area contributed by atoms with Gasteiger partial charge in [-0.3, -0.25) is 38.4 Å². The number of aliphatic hydroxyl groups excluding tert-OH is 1. The largest absolute Gasteiger partial charge is 0.472 e. The van der Waals surface area contributed by atoms with Crippen molar-refractivity contribution in [2.75, 3.05) is 26.6 Å². The molecule has 8 amide bonds. The fourth-order valence-electron chi connectivity index (χ4n) is 5.58. The van der Waals surface area contributed by atoms with Gasteiger partial charge in [-0.1, -0.05) is 63.6 Å². The van der Waals surface area contributed by atoms with Crippen molar-refractivity contribution in [1.29, 1.82) is 0 Å². The number of nitrogens with two attached hydrogens (primary N) is 3. The summed E-state index contributed by atoms with van der Waals surface area (Å²) in [6, 6.07) is 10.4. The fourth-order valence-corrected chi connectivity index (χ4v) is 5.58. The average Bonchev–Trinajstić information content (AvgIpc) is 3.19. The molecule has 322 valence electrons. The quantitative estimate of drug-likeness (QED) is 0.0373. The van der Waals surface area contributed by atoms with E-state index < -0.39 is 117 Å². The Hall–Kier alpha value is -5.94. The predicted octanol–water partition coefficient (Wildman–Crippen LogP) is -4.32. The van der Waals surface area contributed by atoms with Crippen LogP contribution in [0, 0.1) is 5.92 Å². The molecule has 2 rings (SSSR count). The second-order valence-corrected chi connectivity index (χ2v) is 13.9. The lowest BCUT2D eigenvalue weighted by atomic mass is 9.92. The van der Waals surface area contributed by atoms with Crippen LogP contribution >= 0.6 is 0 Å². The van der Waals surface area contributed by atoms with Gasteiger partial charge in [0.15, 0.2) is 12.3 Å². The van der Waals surface area contributed by atoms with Gasteiger partial charge in [0.1, 0.15) is 18.1 Å². The van der Waals surface area contributed by atoms with E-state index in [2.05, 4.69) is 51.0 Å². The molecule has 0 aliphatic heterocycles. The van der Waals surface area contributed by atoms with Crippen molar-refractivity contribution in [3.05, 3.63) is 59.7 Å². The standard InChI is InChI=1S/C37H55BN10O11/c1-5-6-7-21-8-10-22(11-9-21)23-12-14-24(15-13-23)32(52)45-26(18-49)34(54)46-30(40)36(56)42-17-28(51)48(4)29(20(2)3)35(55)47-31(41)37(57)44-25(16-27(39)50)33(53)43-19-38(58)59/h8-15,20,25-26,29-31,49,58-59H,5-7,16-19,40-41H2,1-4H3,(H2,39,50)(H,42,56)(H,43,53)(H,44,57)(H,45,52)(H,46,54)(H,47,55)/t25-,26+,29-,30-,31+/m0/s1. The molecular weight excluding hydrogens is 771 g/mol. The van der Waals surface area contributed by atoms with Gasteiger partial charge in [-0.2, -0.15) is 0 Å². The summed E-state index contributed by atoms with van der Waals surface area (Å²) >= 11 is 0. The van der Waals surface area contributed by atoms with Crippen molar-refractivity contribution >= 4 is 54.4 Å². The number of carbonyl (C=O) groups excluding carboxylic acids is 8. The molecule has 2 aromatic carbocycles. The molecule has 0 saturated carbocycles. The van der Waals surface area contributed by atoms with E-state index in [1.165, 1.54) is 12.6 Å². The Balaban J connectivity index is 1.94. The van der Waals surface area contributed by atoms with Gasteiger partial charge < -0.3 is 69.2 Å². The van der Waals surface area contributed by atoms with Gasteiger partial charge >= 0.3 is 7.12 Å². The number of hydrogen-bond donors (Lipinski definition) is 12. The van der Waals surface area contributed by atoms with E-state index >= 15 is 0 Å². The number of carbonyl (C=O) groups is 8. The molecule has 0 fully saturated rings. The van der Waals surface area contributed by atoms with Gasteiger partial charge in [0.25, 0.3) is 17.7 Å². The molecule has 59 heavy (non-hydrogen) atoms. The number of hydrogen-bond acceptors (Lipinski definition) is 13. The topological polar surface area (TPSA) is 351 Å². The molecule has 0 radical (unpaired) electrons. The maximum absolute atomic E-state index is 13.2. The van der Waals surface area contributed by atoms with Crippen LogP contribution in [0.4, 0.5) is 0 Å². The summed E-state index contributed by atoms with van der Waals surface area (Å²) in [5, 5.41) is 41.0. The molecule has 0 unspecified atom stereocenters. The number of rotatable bonds is 23. The summed E-state index contributed by atoms with van der Waals surface area (Å²) in [5.41, 5.74) is 20.0. The molecule has 21 nitrogen and oxygen atoms in total. The van der Waals surface area contributed by atoms with Gasteiger partial charge in [0.05, 0.1) is 26.0 Å². The van der Waals surface area contributed by atoms with E-state index in [0.717, 1.165) is 35.3 Å². The fraction of sp³-hybridized carbons (Fsp3) is 0.459. The van der Waals surface area contributed by atoms with Crippen LogP contribution in [-0.4, -0.2) is 132 Å². The number of aliphatic hydroxyl groups is 1. The van der Waals surface area contributed by atoms with Gasteiger partial charge in [0, 0.05) is 12.6 Å². The molecule has 0 spiro atoms. The first kappa shape index (κ1) is 49.2. The van der Waals surface area contributed by atoms with E-state index in [1.807, 2.05) is 12.1 Å². The Morgan fingerprint density at radius 1 is 0.729 bits per heavy atom. The summed E-state index contributed by atoms with van der Waals surface area (Å²) in [5.74, 6) is -8.08. The van der Waals surface area contributed by atoms with E-state index in [1.54, 1.807) is 38.1 Å². The second kappa shape index (κ2) is 24.1. The minimum atomic E-state index is -1.92. The number of unbranched alkanes of at least 4 members (excludes halogenated alkanes) is 1. The van der Waals surface area contributed by atoms with Crippen LogP contribution in [0.5, 0.6) is 0 Å². The zero-order valence-corrected chi connectivity index (χ0v) is 33.4. The maximum Gasteiger partial charge on any atom is 0.472 e. The van der Waals surface area contributed by atoms with Crippen LogP contribution in [0.3, 0.4) is 0 Å². The van der Waals surface area contributed by atoms with E-state index in [4.69, 9.17) is 27.2 Å². The second-order valence-electron chi connectivity index (χ2n) is 13.9. The van der Waals surface area contributed by atoms with E-state index in [0.29, 0.717) is 0 Å². The van der Waals surface area contributed by atoms with E-state index in [-0.39, 0.29) is 5.56 Å². The summed E-state index contributed by atoms with van der Waals surface area (Å²) < 4.78 is 0. The Kier molecular flexibility index (Phi) is 20.1. The average molecular weight is 827 g/mol. The van der Waals surface area contributed by atoms with Crippen molar-refractivity contribution in [2.45, 2.75) is 76.9 Å². The van der Waals surface area contributed by atoms with Crippen LogP contribution in [-0.2, 0) is 40.0 Å². The van der Waals surface area contributed by atoms with Crippen molar-refractivity contribution in [2.24, 2.45) is 23.1 Å². The van der Waals surface area contributed by atoms with Crippen molar-refractivity contribution < 1.29 is 53.5 Å². The summed E-state index contributed by atoms with van der Waals surface area (Å²) in [7, 11) is -0.683. The third-order valence-electron chi connectivity index (χ3n) is 8.84. The number of amides is 8. The molecular formula is C37H55BN10O11. The molecule has 2 aromatic rings. The van der Waals surface area contributed by atoms with Crippen LogP contribution in [0.25, 0.3) is 11.1 Å². The van der Waals surface area contributed by atoms with Crippen LogP contribution < -0.4 is 49.1 Å². The van der Waals surface area contributed by atoms with Gasteiger partial charge in [-0.25, -0.2) is 0 Å². The summed E-state index contributed by atoms with van der Waals surface area (Å²) in [6.45, 7) is 3.75. The zero-order valence-electron chi connectivity index (χ0n) is 33.4. The highest BCUT2D eigenvalue weighted by Gasteiger charge is 2.33. The molecule has 15 N–H and O–H groups in total. The smallest absolute Gasteiger partial charge is 0.426 e. The first-order chi connectivity index (χ1) is 27.8. The lowest BCUT2D eigenvalue weighted by Gasteiger charge is -2.31. The molecule has 22 heteroatoms. The summed E-state index contributed by atoms with van der Waals surface area (Å²) in [6.07, 6.45) is -1.65.